The fraction of sp³-hybridized carbons (Fsp3) is 0.500. The molecule has 0 aromatic carbocycles. The molecule has 0 spiro atoms. The average Bonchev–Trinajstić information content (AvgIpc) is 2.69. The molecule has 0 radical (unpaired) electrons. The van der Waals surface area contributed by atoms with Gasteiger partial charge in [0.25, 0.3) is 0 Å². The fourth-order valence-electron chi connectivity index (χ4n) is 1.86. The zero-order valence-corrected chi connectivity index (χ0v) is 9.07. The molecule has 3 nitrogen and oxygen atoms in total. The summed E-state index contributed by atoms with van der Waals surface area (Å²) in [7, 11) is 0. The Labute approximate surface area is 90.1 Å². The van der Waals surface area contributed by atoms with Gasteiger partial charge in [-0.1, -0.05) is 19.4 Å². The minimum atomic E-state index is 0.259. The van der Waals surface area contributed by atoms with E-state index in [0.29, 0.717) is 13.0 Å². The molecule has 2 heterocycles. The summed E-state index contributed by atoms with van der Waals surface area (Å²) in [5.74, 6) is 0.259. The number of carbonyl (C=O) groups excluding carboxylic acids is 1. The van der Waals surface area contributed by atoms with Crippen molar-refractivity contribution in [2.75, 3.05) is 0 Å². The van der Waals surface area contributed by atoms with E-state index in [1.165, 1.54) is 5.56 Å². The lowest BCUT2D eigenvalue weighted by Crippen LogP contribution is -2.24. The largest absolute Gasteiger partial charge is 0.332 e. The molecule has 80 valence electrons. The van der Waals surface area contributed by atoms with Crippen LogP contribution in [-0.4, -0.2) is 15.8 Å². The summed E-state index contributed by atoms with van der Waals surface area (Å²) in [4.78, 5) is 17.9. The van der Waals surface area contributed by atoms with E-state index < -0.39 is 0 Å². The van der Waals surface area contributed by atoms with Gasteiger partial charge in [-0.25, -0.2) is 0 Å². The Morgan fingerprint density at radius 1 is 1.53 bits per heavy atom. The molecule has 1 amide bonds. The average molecular weight is 204 g/mol. The number of amides is 1. The monoisotopic (exact) mass is 204 g/mol. The second-order valence-corrected chi connectivity index (χ2v) is 3.96. The van der Waals surface area contributed by atoms with Crippen LogP contribution in [0.1, 0.15) is 37.4 Å². The van der Waals surface area contributed by atoms with Crippen LogP contribution < -0.4 is 0 Å². The Hall–Kier alpha value is -1.38. The van der Waals surface area contributed by atoms with Gasteiger partial charge >= 0.3 is 0 Å². The van der Waals surface area contributed by atoms with Crippen molar-refractivity contribution in [2.24, 2.45) is 0 Å². The van der Waals surface area contributed by atoms with Crippen LogP contribution in [0.2, 0.25) is 0 Å². The lowest BCUT2D eigenvalue weighted by molar-refractivity contribution is -0.131. The number of pyridine rings is 1. The minimum absolute atomic E-state index is 0.259. The highest BCUT2D eigenvalue weighted by molar-refractivity contribution is 5.76. The first-order valence-corrected chi connectivity index (χ1v) is 5.52. The molecule has 0 aliphatic carbocycles. The predicted octanol–water partition coefficient (Wildman–Crippen LogP) is 2.11. The summed E-state index contributed by atoms with van der Waals surface area (Å²) >= 11 is 0. The lowest BCUT2D eigenvalue weighted by atomic mass is 10.2. The molecule has 0 bridgehead atoms. The SMILES string of the molecule is CCCCC(=O)N1Cc2cccnc2C1. The van der Waals surface area contributed by atoms with E-state index in [1.807, 2.05) is 11.0 Å². The van der Waals surface area contributed by atoms with Crippen molar-refractivity contribution in [2.45, 2.75) is 39.3 Å². The fourth-order valence-corrected chi connectivity index (χ4v) is 1.86. The maximum Gasteiger partial charge on any atom is 0.223 e. The van der Waals surface area contributed by atoms with Gasteiger partial charge in [-0.3, -0.25) is 9.78 Å². The highest BCUT2D eigenvalue weighted by Crippen LogP contribution is 2.21. The number of hydrogen-bond donors (Lipinski definition) is 0. The summed E-state index contributed by atoms with van der Waals surface area (Å²) < 4.78 is 0. The van der Waals surface area contributed by atoms with Crippen molar-refractivity contribution in [3.8, 4) is 0 Å². The molecule has 3 heteroatoms. The molecule has 1 aliphatic heterocycles. The van der Waals surface area contributed by atoms with Crippen molar-refractivity contribution in [3.63, 3.8) is 0 Å². The molecule has 0 N–H and O–H groups in total. The van der Waals surface area contributed by atoms with Crippen molar-refractivity contribution in [1.82, 2.24) is 9.88 Å². The van der Waals surface area contributed by atoms with E-state index >= 15 is 0 Å². The van der Waals surface area contributed by atoms with Gasteiger partial charge in [-0.05, 0) is 18.1 Å². The molecular weight excluding hydrogens is 188 g/mol. The molecule has 0 atom stereocenters. The van der Waals surface area contributed by atoms with Crippen LogP contribution in [0.4, 0.5) is 0 Å². The van der Waals surface area contributed by atoms with Crippen LogP contribution in [0, 0.1) is 0 Å². The number of aromatic nitrogens is 1. The van der Waals surface area contributed by atoms with E-state index in [9.17, 15) is 4.79 Å². The zero-order chi connectivity index (χ0) is 10.7. The maximum atomic E-state index is 11.8. The molecule has 0 fully saturated rings. The van der Waals surface area contributed by atoms with E-state index in [-0.39, 0.29) is 5.91 Å². The van der Waals surface area contributed by atoms with Crippen LogP contribution in [0.3, 0.4) is 0 Å². The number of unbranched alkanes of at least 4 members (excludes halogenated alkanes) is 1. The van der Waals surface area contributed by atoms with E-state index in [1.54, 1.807) is 6.20 Å². The highest BCUT2D eigenvalue weighted by atomic mass is 16.2. The van der Waals surface area contributed by atoms with Crippen molar-refractivity contribution in [3.05, 3.63) is 29.6 Å². The Morgan fingerprint density at radius 3 is 3.13 bits per heavy atom. The Kier molecular flexibility index (Phi) is 2.99. The molecule has 0 unspecified atom stereocenters. The Bertz CT molecular complexity index is 337. The van der Waals surface area contributed by atoms with Gasteiger partial charge < -0.3 is 4.90 Å². The number of carbonyl (C=O) groups is 1. The predicted molar refractivity (Wildman–Crippen MR) is 58.0 cm³/mol. The molecule has 15 heavy (non-hydrogen) atoms. The zero-order valence-electron chi connectivity index (χ0n) is 9.07. The highest BCUT2D eigenvalue weighted by Gasteiger charge is 2.22. The van der Waals surface area contributed by atoms with Gasteiger partial charge in [0.05, 0.1) is 12.2 Å². The summed E-state index contributed by atoms with van der Waals surface area (Å²) in [5, 5.41) is 0. The van der Waals surface area contributed by atoms with Crippen LogP contribution in [0.5, 0.6) is 0 Å². The third kappa shape index (κ3) is 2.17. The molecular formula is C12H16N2O. The van der Waals surface area contributed by atoms with Crippen LogP contribution in [0.25, 0.3) is 0 Å². The normalized spacial score (nSPS) is 14.1. The number of nitrogens with zero attached hydrogens (tertiary/aromatic N) is 2. The first-order valence-electron chi connectivity index (χ1n) is 5.52. The van der Waals surface area contributed by atoms with Gasteiger partial charge in [-0.15, -0.1) is 0 Å². The molecule has 1 aliphatic rings. The second-order valence-electron chi connectivity index (χ2n) is 3.96. The summed E-state index contributed by atoms with van der Waals surface area (Å²) in [6.07, 6.45) is 4.52. The minimum Gasteiger partial charge on any atom is -0.332 e. The van der Waals surface area contributed by atoms with Crippen molar-refractivity contribution < 1.29 is 4.79 Å². The van der Waals surface area contributed by atoms with Gasteiger partial charge in [0.1, 0.15) is 0 Å². The van der Waals surface area contributed by atoms with E-state index in [4.69, 9.17) is 0 Å². The molecule has 1 aromatic rings. The quantitative estimate of drug-likeness (QED) is 0.755. The third-order valence-corrected chi connectivity index (χ3v) is 2.78. The van der Waals surface area contributed by atoms with Crippen molar-refractivity contribution in [1.29, 1.82) is 0 Å². The van der Waals surface area contributed by atoms with Gasteiger partial charge in [0.15, 0.2) is 0 Å². The van der Waals surface area contributed by atoms with Crippen LogP contribution in [0.15, 0.2) is 18.3 Å². The molecule has 0 saturated carbocycles. The smallest absolute Gasteiger partial charge is 0.223 e. The first kappa shape index (κ1) is 10.1. The number of hydrogen-bond acceptors (Lipinski definition) is 2. The maximum absolute atomic E-state index is 11.8. The Morgan fingerprint density at radius 2 is 2.40 bits per heavy atom. The number of fused-ring (bicyclic) bond motifs is 1. The third-order valence-electron chi connectivity index (χ3n) is 2.78. The number of rotatable bonds is 3. The van der Waals surface area contributed by atoms with Crippen LogP contribution in [-0.2, 0) is 17.9 Å². The standard InChI is InChI=1S/C12H16N2O/c1-2-3-6-12(15)14-8-10-5-4-7-13-11(10)9-14/h4-5,7H,2-3,6,8-9H2,1H3. The second kappa shape index (κ2) is 4.43. The molecule has 2 rings (SSSR count). The molecule has 0 saturated heterocycles. The van der Waals surface area contributed by atoms with Crippen LogP contribution >= 0.6 is 0 Å². The summed E-state index contributed by atoms with van der Waals surface area (Å²) in [6, 6.07) is 3.98. The topological polar surface area (TPSA) is 33.2 Å². The first-order chi connectivity index (χ1) is 7.31. The Balaban J connectivity index is 1.98. The van der Waals surface area contributed by atoms with Gasteiger partial charge in [0.2, 0.25) is 5.91 Å². The summed E-state index contributed by atoms with van der Waals surface area (Å²) in [6.45, 7) is 3.54. The summed E-state index contributed by atoms with van der Waals surface area (Å²) in [5.41, 5.74) is 2.25. The van der Waals surface area contributed by atoms with Crippen molar-refractivity contribution >= 4 is 5.91 Å². The van der Waals surface area contributed by atoms with Gasteiger partial charge in [0, 0.05) is 19.2 Å². The van der Waals surface area contributed by atoms with Gasteiger partial charge in [-0.2, -0.15) is 0 Å². The molecule has 1 aromatic heterocycles. The lowest BCUT2D eigenvalue weighted by Gasteiger charge is -2.14. The van der Waals surface area contributed by atoms with E-state index in [2.05, 4.69) is 18.0 Å². The van der Waals surface area contributed by atoms with E-state index in [0.717, 1.165) is 25.1 Å².